The molecular weight excluding hydrogens is 314 g/mol. The Kier molecular flexibility index (Phi) is 3.44. The van der Waals surface area contributed by atoms with Gasteiger partial charge in [0.2, 0.25) is 0 Å². The normalized spacial score (nSPS) is 20.8. The Morgan fingerprint density at radius 2 is 1.42 bits per heavy atom. The summed E-state index contributed by atoms with van der Waals surface area (Å²) in [6.45, 7) is 0. The van der Waals surface area contributed by atoms with Crippen LogP contribution in [0.4, 0.5) is 0 Å². The molecular formula is C25H21N. The maximum Gasteiger partial charge on any atom is 0.0897 e. The summed E-state index contributed by atoms with van der Waals surface area (Å²) in [5.74, 6) is 0. The molecule has 0 aliphatic heterocycles. The number of nitrogens with two attached hydrogens (primary N) is 1. The standard InChI is InChI=1S/C25H21N/c26-25(20-16-14-19(15-17-20)18-8-2-1-3-9-18)23-12-6-4-10-21(23)22-11-5-7-13-24(22)25/h1-6,8-12,14-17H,7,13,26H2. The van der Waals surface area contributed by atoms with E-state index in [1.54, 1.807) is 0 Å². The van der Waals surface area contributed by atoms with Crippen LogP contribution in [-0.4, -0.2) is 0 Å². The average molecular weight is 335 g/mol. The lowest BCUT2D eigenvalue weighted by molar-refractivity contribution is 0.619. The lowest BCUT2D eigenvalue weighted by Gasteiger charge is -2.31. The van der Waals surface area contributed by atoms with Crippen molar-refractivity contribution in [3.8, 4) is 11.1 Å². The molecule has 0 fully saturated rings. The number of benzene rings is 3. The summed E-state index contributed by atoms with van der Waals surface area (Å²) in [6.07, 6.45) is 6.61. The summed E-state index contributed by atoms with van der Waals surface area (Å²) in [7, 11) is 0. The minimum absolute atomic E-state index is 0.522. The van der Waals surface area contributed by atoms with E-state index in [4.69, 9.17) is 5.73 Å². The molecule has 1 atom stereocenters. The average Bonchev–Trinajstić information content (AvgIpc) is 2.99. The summed E-state index contributed by atoms with van der Waals surface area (Å²) in [6, 6.07) is 27.9. The molecule has 2 aliphatic rings. The van der Waals surface area contributed by atoms with Gasteiger partial charge in [0.15, 0.2) is 0 Å². The zero-order valence-corrected chi connectivity index (χ0v) is 14.7. The molecule has 0 aromatic heterocycles. The molecule has 0 amide bonds. The van der Waals surface area contributed by atoms with Gasteiger partial charge in [0, 0.05) is 0 Å². The van der Waals surface area contributed by atoms with Crippen LogP contribution in [0.5, 0.6) is 0 Å². The van der Waals surface area contributed by atoms with Gasteiger partial charge in [-0.1, -0.05) is 91.0 Å². The molecule has 1 nitrogen and oxygen atoms in total. The van der Waals surface area contributed by atoms with Crippen LogP contribution < -0.4 is 5.73 Å². The van der Waals surface area contributed by atoms with Crippen LogP contribution in [0.1, 0.15) is 29.5 Å². The third kappa shape index (κ3) is 2.14. The fourth-order valence-corrected chi connectivity index (χ4v) is 4.44. The first kappa shape index (κ1) is 15.4. The molecule has 0 saturated carbocycles. The van der Waals surface area contributed by atoms with E-state index in [0.717, 1.165) is 12.8 Å². The second-order valence-electron chi connectivity index (χ2n) is 7.13. The highest BCUT2D eigenvalue weighted by Gasteiger charge is 2.42. The quantitative estimate of drug-likeness (QED) is 0.641. The zero-order chi connectivity index (χ0) is 17.6. The van der Waals surface area contributed by atoms with Crippen molar-refractivity contribution in [2.24, 2.45) is 5.73 Å². The summed E-state index contributed by atoms with van der Waals surface area (Å²) < 4.78 is 0. The lowest BCUT2D eigenvalue weighted by Crippen LogP contribution is -2.38. The first-order chi connectivity index (χ1) is 12.8. The van der Waals surface area contributed by atoms with E-state index in [2.05, 4.69) is 84.9 Å². The van der Waals surface area contributed by atoms with Gasteiger partial charge in [0.25, 0.3) is 0 Å². The van der Waals surface area contributed by atoms with E-state index >= 15 is 0 Å². The Hall–Kier alpha value is -2.90. The number of allylic oxidation sites excluding steroid dienone is 3. The Morgan fingerprint density at radius 3 is 2.23 bits per heavy atom. The van der Waals surface area contributed by atoms with Crippen LogP contribution >= 0.6 is 0 Å². The number of hydrogen-bond donors (Lipinski definition) is 1. The van der Waals surface area contributed by atoms with Crippen molar-refractivity contribution >= 4 is 5.57 Å². The smallest absolute Gasteiger partial charge is 0.0897 e. The van der Waals surface area contributed by atoms with Crippen molar-refractivity contribution in [2.75, 3.05) is 0 Å². The first-order valence-electron chi connectivity index (χ1n) is 9.23. The van der Waals surface area contributed by atoms with Gasteiger partial charge in [-0.25, -0.2) is 0 Å². The van der Waals surface area contributed by atoms with E-state index in [9.17, 15) is 0 Å². The van der Waals surface area contributed by atoms with Crippen LogP contribution in [0.25, 0.3) is 16.7 Å². The topological polar surface area (TPSA) is 26.0 Å². The minimum atomic E-state index is -0.522. The molecule has 3 aromatic carbocycles. The third-order valence-electron chi connectivity index (χ3n) is 5.74. The molecule has 0 saturated heterocycles. The molecule has 26 heavy (non-hydrogen) atoms. The van der Waals surface area contributed by atoms with Gasteiger partial charge in [-0.05, 0) is 51.8 Å². The Balaban J connectivity index is 1.65. The van der Waals surface area contributed by atoms with Crippen LogP contribution in [-0.2, 0) is 5.54 Å². The first-order valence-corrected chi connectivity index (χ1v) is 9.23. The molecule has 1 unspecified atom stereocenters. The van der Waals surface area contributed by atoms with Gasteiger partial charge in [0.1, 0.15) is 0 Å². The number of fused-ring (bicyclic) bond motifs is 2. The molecule has 3 aromatic rings. The van der Waals surface area contributed by atoms with Crippen molar-refractivity contribution < 1.29 is 0 Å². The largest absolute Gasteiger partial charge is 0.314 e. The van der Waals surface area contributed by atoms with E-state index in [-0.39, 0.29) is 0 Å². The second kappa shape index (κ2) is 5.82. The molecule has 2 aliphatic carbocycles. The molecule has 0 bridgehead atoms. The summed E-state index contributed by atoms with van der Waals surface area (Å²) in [5.41, 5.74) is 15.4. The van der Waals surface area contributed by atoms with Crippen molar-refractivity contribution in [3.63, 3.8) is 0 Å². The fourth-order valence-electron chi connectivity index (χ4n) is 4.44. The molecule has 5 rings (SSSR count). The van der Waals surface area contributed by atoms with Crippen molar-refractivity contribution in [1.82, 2.24) is 0 Å². The molecule has 1 heteroatoms. The van der Waals surface area contributed by atoms with Crippen LogP contribution in [0.15, 0.2) is 96.6 Å². The van der Waals surface area contributed by atoms with E-state index in [1.807, 2.05) is 6.07 Å². The predicted octanol–water partition coefficient (Wildman–Crippen LogP) is 5.67. The Morgan fingerprint density at radius 1 is 0.731 bits per heavy atom. The molecule has 0 radical (unpaired) electrons. The van der Waals surface area contributed by atoms with Gasteiger partial charge in [-0.2, -0.15) is 0 Å². The van der Waals surface area contributed by atoms with Gasteiger partial charge < -0.3 is 5.73 Å². The summed E-state index contributed by atoms with van der Waals surface area (Å²) in [4.78, 5) is 0. The maximum absolute atomic E-state index is 7.14. The number of rotatable bonds is 2. The van der Waals surface area contributed by atoms with Gasteiger partial charge in [-0.15, -0.1) is 0 Å². The lowest BCUT2D eigenvalue weighted by atomic mass is 9.78. The van der Waals surface area contributed by atoms with E-state index in [1.165, 1.54) is 39.0 Å². The SMILES string of the molecule is NC1(c2ccc(-c3ccccc3)cc2)C2=C(C=CCC2)c2ccccc21. The minimum Gasteiger partial charge on any atom is -0.314 e. The van der Waals surface area contributed by atoms with E-state index < -0.39 is 5.54 Å². The van der Waals surface area contributed by atoms with E-state index in [0.29, 0.717) is 0 Å². The highest BCUT2D eigenvalue weighted by molar-refractivity contribution is 5.88. The summed E-state index contributed by atoms with van der Waals surface area (Å²) in [5, 5.41) is 0. The maximum atomic E-state index is 7.14. The van der Waals surface area contributed by atoms with Crippen molar-refractivity contribution in [2.45, 2.75) is 18.4 Å². The van der Waals surface area contributed by atoms with Gasteiger partial charge >= 0.3 is 0 Å². The van der Waals surface area contributed by atoms with Crippen LogP contribution in [0, 0.1) is 0 Å². The van der Waals surface area contributed by atoms with Crippen molar-refractivity contribution in [1.29, 1.82) is 0 Å². The highest BCUT2D eigenvalue weighted by Crippen LogP contribution is 2.50. The Bertz CT molecular complexity index is 1030. The second-order valence-corrected chi connectivity index (χ2v) is 7.13. The van der Waals surface area contributed by atoms with Gasteiger partial charge in [-0.3, -0.25) is 0 Å². The van der Waals surface area contributed by atoms with Crippen LogP contribution in [0.3, 0.4) is 0 Å². The van der Waals surface area contributed by atoms with Crippen molar-refractivity contribution in [3.05, 3.63) is 113 Å². The molecule has 0 heterocycles. The monoisotopic (exact) mass is 335 g/mol. The number of hydrogen-bond acceptors (Lipinski definition) is 1. The Labute approximate surface area is 154 Å². The molecule has 0 spiro atoms. The summed E-state index contributed by atoms with van der Waals surface area (Å²) >= 11 is 0. The predicted molar refractivity (Wildman–Crippen MR) is 109 cm³/mol. The van der Waals surface area contributed by atoms with Crippen LogP contribution in [0.2, 0.25) is 0 Å². The fraction of sp³-hybridized carbons (Fsp3) is 0.120. The molecule has 2 N–H and O–H groups in total. The zero-order valence-electron chi connectivity index (χ0n) is 14.7. The van der Waals surface area contributed by atoms with Gasteiger partial charge in [0.05, 0.1) is 5.54 Å². The molecule has 126 valence electrons. The third-order valence-corrected chi connectivity index (χ3v) is 5.74. The highest BCUT2D eigenvalue weighted by atomic mass is 14.8.